The van der Waals surface area contributed by atoms with Crippen LogP contribution in [0.15, 0.2) is 67.3 Å². The lowest BCUT2D eigenvalue weighted by Gasteiger charge is -2.08. The Kier molecular flexibility index (Phi) is 4.12. The minimum absolute atomic E-state index is 0.544. The molecule has 0 fully saturated rings. The van der Waals surface area contributed by atoms with Gasteiger partial charge in [-0.1, -0.05) is 18.2 Å². The third-order valence-electron chi connectivity index (χ3n) is 2.86. The third-order valence-corrected chi connectivity index (χ3v) is 2.86. The molecular weight excluding hydrogens is 266 g/mol. The molecule has 0 spiro atoms. The minimum Gasteiger partial charge on any atom is -0.492 e. The lowest BCUT2D eigenvalue weighted by molar-refractivity contribution is 0.291. The maximum absolute atomic E-state index is 5.72. The van der Waals surface area contributed by atoms with E-state index < -0.39 is 0 Å². The van der Waals surface area contributed by atoms with Crippen molar-refractivity contribution >= 4 is 0 Å². The van der Waals surface area contributed by atoms with Crippen molar-refractivity contribution in [3.8, 4) is 17.2 Å². The Hall–Kier alpha value is -2.82. The number of hydrogen-bond donors (Lipinski definition) is 0. The van der Waals surface area contributed by atoms with E-state index in [0.29, 0.717) is 13.2 Å². The highest BCUT2D eigenvalue weighted by molar-refractivity contribution is 5.35. The van der Waals surface area contributed by atoms with Crippen LogP contribution in [0, 0.1) is 0 Å². The lowest BCUT2D eigenvalue weighted by Crippen LogP contribution is -2.08. The van der Waals surface area contributed by atoms with Gasteiger partial charge in [-0.15, -0.1) is 0 Å². The Balaban J connectivity index is 1.52. The van der Waals surface area contributed by atoms with Crippen LogP contribution in [0.2, 0.25) is 0 Å². The molecule has 0 atom stereocenters. The van der Waals surface area contributed by atoms with Gasteiger partial charge in [0.15, 0.2) is 0 Å². The Morgan fingerprint density at radius 2 is 1.57 bits per heavy atom. The molecule has 1 heterocycles. The second kappa shape index (κ2) is 6.56. The molecule has 21 heavy (non-hydrogen) atoms. The van der Waals surface area contributed by atoms with Crippen molar-refractivity contribution in [2.45, 2.75) is 6.54 Å². The van der Waals surface area contributed by atoms with Gasteiger partial charge in [-0.2, -0.15) is 5.10 Å². The van der Waals surface area contributed by atoms with E-state index in [9.17, 15) is 0 Å². The molecule has 1 aromatic heterocycles. The van der Waals surface area contributed by atoms with E-state index >= 15 is 0 Å². The van der Waals surface area contributed by atoms with E-state index in [2.05, 4.69) is 10.1 Å². The molecule has 0 unspecified atom stereocenters. The van der Waals surface area contributed by atoms with E-state index in [0.717, 1.165) is 17.2 Å². The fraction of sp³-hybridized carbons (Fsp3) is 0.125. The molecule has 5 nitrogen and oxygen atoms in total. The van der Waals surface area contributed by atoms with E-state index in [1.807, 2.05) is 54.6 Å². The molecule has 5 heteroatoms. The molecule has 0 N–H and O–H groups in total. The monoisotopic (exact) mass is 281 g/mol. The Bertz CT molecular complexity index is 652. The van der Waals surface area contributed by atoms with Gasteiger partial charge in [-0.05, 0) is 36.4 Å². The van der Waals surface area contributed by atoms with Gasteiger partial charge in [0.05, 0.1) is 6.54 Å². The van der Waals surface area contributed by atoms with Crippen LogP contribution in [0.5, 0.6) is 17.2 Å². The fourth-order valence-electron chi connectivity index (χ4n) is 1.83. The Morgan fingerprint density at radius 3 is 2.29 bits per heavy atom. The molecule has 0 saturated heterocycles. The van der Waals surface area contributed by atoms with Crippen molar-refractivity contribution in [3.63, 3.8) is 0 Å². The zero-order valence-electron chi connectivity index (χ0n) is 11.4. The van der Waals surface area contributed by atoms with Crippen molar-refractivity contribution < 1.29 is 9.47 Å². The van der Waals surface area contributed by atoms with Gasteiger partial charge in [0.2, 0.25) is 0 Å². The number of rotatable bonds is 6. The summed E-state index contributed by atoms with van der Waals surface area (Å²) in [6.45, 7) is 1.21. The molecule has 3 aromatic rings. The second-order valence-corrected chi connectivity index (χ2v) is 4.39. The number of nitrogens with zero attached hydrogens (tertiary/aromatic N) is 3. The number of hydrogen-bond acceptors (Lipinski definition) is 4. The summed E-state index contributed by atoms with van der Waals surface area (Å²) in [7, 11) is 0. The zero-order valence-corrected chi connectivity index (χ0v) is 11.4. The van der Waals surface area contributed by atoms with Crippen LogP contribution in [-0.2, 0) is 6.54 Å². The molecule has 0 aliphatic carbocycles. The molecule has 106 valence electrons. The number of para-hydroxylation sites is 1. The first-order valence-corrected chi connectivity index (χ1v) is 6.68. The maximum Gasteiger partial charge on any atom is 0.137 e. The molecule has 0 aliphatic rings. The van der Waals surface area contributed by atoms with Crippen molar-refractivity contribution in [1.82, 2.24) is 14.8 Å². The van der Waals surface area contributed by atoms with Gasteiger partial charge in [0, 0.05) is 0 Å². The normalized spacial score (nSPS) is 10.3. The Labute approximate surface area is 122 Å². The van der Waals surface area contributed by atoms with Crippen LogP contribution in [0.4, 0.5) is 0 Å². The van der Waals surface area contributed by atoms with E-state index in [1.54, 1.807) is 11.0 Å². The second-order valence-electron chi connectivity index (χ2n) is 4.39. The molecular formula is C16H15N3O2. The molecule has 0 amide bonds. The predicted molar refractivity (Wildman–Crippen MR) is 78.5 cm³/mol. The molecule has 0 aliphatic heterocycles. The van der Waals surface area contributed by atoms with Crippen LogP contribution in [0.1, 0.15) is 0 Å². The third kappa shape index (κ3) is 3.82. The summed E-state index contributed by atoms with van der Waals surface area (Å²) >= 11 is 0. The van der Waals surface area contributed by atoms with Crippen molar-refractivity contribution in [1.29, 1.82) is 0 Å². The molecule has 2 aromatic carbocycles. The first-order chi connectivity index (χ1) is 10.4. The average molecular weight is 281 g/mol. The van der Waals surface area contributed by atoms with Crippen LogP contribution < -0.4 is 9.47 Å². The van der Waals surface area contributed by atoms with Gasteiger partial charge in [-0.25, -0.2) is 9.67 Å². The smallest absolute Gasteiger partial charge is 0.137 e. The highest BCUT2D eigenvalue weighted by Crippen LogP contribution is 2.23. The summed E-state index contributed by atoms with van der Waals surface area (Å²) in [5.74, 6) is 2.40. The van der Waals surface area contributed by atoms with Crippen molar-refractivity contribution in [2.24, 2.45) is 0 Å². The molecule has 0 saturated carbocycles. The van der Waals surface area contributed by atoms with E-state index in [-0.39, 0.29) is 0 Å². The van der Waals surface area contributed by atoms with Gasteiger partial charge in [0.1, 0.15) is 36.5 Å². The van der Waals surface area contributed by atoms with Gasteiger partial charge in [-0.3, -0.25) is 0 Å². The summed E-state index contributed by atoms with van der Waals surface area (Å²) in [5.41, 5.74) is 0. The summed E-state index contributed by atoms with van der Waals surface area (Å²) in [6, 6.07) is 17.2. The summed E-state index contributed by atoms with van der Waals surface area (Å²) < 4.78 is 13.1. The van der Waals surface area contributed by atoms with Crippen LogP contribution in [-0.4, -0.2) is 21.4 Å². The molecule has 0 bridgehead atoms. The summed E-state index contributed by atoms with van der Waals surface area (Å²) in [5, 5.41) is 4.01. The van der Waals surface area contributed by atoms with E-state index in [4.69, 9.17) is 9.47 Å². The largest absolute Gasteiger partial charge is 0.492 e. The lowest BCUT2D eigenvalue weighted by atomic mass is 10.3. The molecule has 3 rings (SSSR count). The quantitative estimate of drug-likeness (QED) is 0.696. The first kappa shape index (κ1) is 13.2. The molecule has 0 radical (unpaired) electrons. The number of benzene rings is 2. The van der Waals surface area contributed by atoms with Gasteiger partial charge < -0.3 is 9.47 Å². The number of aromatic nitrogens is 3. The standard InChI is InChI=1S/C16H15N3O2/c1-2-4-15(5-3-1)21-16-8-6-14(7-9-16)20-11-10-19-13-17-12-18-19/h1-9,12-13H,10-11H2. The van der Waals surface area contributed by atoms with E-state index in [1.165, 1.54) is 6.33 Å². The first-order valence-electron chi connectivity index (χ1n) is 6.68. The highest BCUT2D eigenvalue weighted by Gasteiger charge is 1.99. The van der Waals surface area contributed by atoms with Crippen molar-refractivity contribution in [2.75, 3.05) is 6.61 Å². The maximum atomic E-state index is 5.72. The summed E-state index contributed by atoms with van der Waals surface area (Å²) in [4.78, 5) is 3.88. The minimum atomic E-state index is 0.544. The highest BCUT2D eigenvalue weighted by atomic mass is 16.5. The predicted octanol–water partition coefficient (Wildman–Crippen LogP) is 3.15. The van der Waals surface area contributed by atoms with Gasteiger partial charge >= 0.3 is 0 Å². The topological polar surface area (TPSA) is 49.2 Å². The Morgan fingerprint density at radius 1 is 0.857 bits per heavy atom. The SMILES string of the molecule is c1ccc(Oc2ccc(OCCn3cncn3)cc2)cc1. The zero-order chi connectivity index (χ0) is 14.3. The van der Waals surface area contributed by atoms with Crippen LogP contribution >= 0.6 is 0 Å². The average Bonchev–Trinajstić information content (AvgIpc) is 3.03. The fourth-order valence-corrected chi connectivity index (χ4v) is 1.83. The summed E-state index contributed by atoms with van der Waals surface area (Å²) in [6.07, 6.45) is 3.18. The van der Waals surface area contributed by atoms with Gasteiger partial charge in [0.25, 0.3) is 0 Å². The van der Waals surface area contributed by atoms with Crippen LogP contribution in [0.3, 0.4) is 0 Å². The number of ether oxygens (including phenoxy) is 2. The van der Waals surface area contributed by atoms with Crippen LogP contribution in [0.25, 0.3) is 0 Å². The van der Waals surface area contributed by atoms with Crippen molar-refractivity contribution in [3.05, 3.63) is 67.3 Å².